The van der Waals surface area contributed by atoms with Crippen LogP contribution in [0.1, 0.15) is 55.8 Å². The number of aryl methyl sites for hydroxylation is 1. The van der Waals surface area contributed by atoms with E-state index in [0.29, 0.717) is 48.1 Å². The fourth-order valence-corrected chi connectivity index (χ4v) is 3.40. The maximum atomic E-state index is 13.3. The molecule has 3 aromatic rings. The number of nitrogens with one attached hydrogen (secondary N) is 1. The van der Waals surface area contributed by atoms with Gasteiger partial charge in [0.25, 0.3) is 0 Å². The van der Waals surface area contributed by atoms with Crippen molar-refractivity contribution in [3.8, 4) is 0 Å². The van der Waals surface area contributed by atoms with Crippen molar-refractivity contribution in [1.29, 1.82) is 0 Å². The lowest BCUT2D eigenvalue weighted by Crippen LogP contribution is -2.13. The van der Waals surface area contributed by atoms with Gasteiger partial charge in [0.15, 0.2) is 22.6 Å². The third-order valence-electron chi connectivity index (χ3n) is 4.10. The first-order chi connectivity index (χ1) is 13.7. The molecule has 1 N–H and O–H groups in total. The minimum Gasteiger partial charge on any atom is -0.339 e. The van der Waals surface area contributed by atoms with E-state index in [4.69, 9.17) is 4.52 Å². The Morgan fingerprint density at radius 3 is 2.72 bits per heavy atom. The van der Waals surface area contributed by atoms with Crippen LogP contribution in [0.25, 0.3) is 0 Å². The largest absolute Gasteiger partial charge is 0.339 e. The number of amides is 1. The predicted octanol–water partition coefficient (Wildman–Crippen LogP) is 4.65. The Kier molecular flexibility index (Phi) is 6.36. The Balaban J connectivity index is 1.46. The molecular weight excluding hydrogens is 398 g/mol. The van der Waals surface area contributed by atoms with E-state index in [0.717, 1.165) is 17.0 Å². The van der Waals surface area contributed by atoms with Crippen molar-refractivity contribution in [2.45, 2.75) is 51.9 Å². The normalized spacial score (nSPS) is 11.6. The zero-order valence-electron chi connectivity index (χ0n) is 16.5. The highest BCUT2D eigenvalue weighted by Crippen LogP contribution is 2.23. The lowest BCUT2D eigenvalue weighted by atomic mass is 9.96. The van der Waals surface area contributed by atoms with E-state index in [1.165, 1.54) is 17.4 Å². The van der Waals surface area contributed by atoms with Crippen molar-refractivity contribution in [2.75, 3.05) is 5.32 Å². The average molecular weight is 420 g/mol. The monoisotopic (exact) mass is 420 g/mol. The molecule has 3 rings (SSSR count). The molecule has 6 nitrogen and oxygen atoms in total. The maximum Gasteiger partial charge on any atom is 0.226 e. The summed E-state index contributed by atoms with van der Waals surface area (Å²) in [6.07, 6.45) is 3.43. The van der Waals surface area contributed by atoms with Crippen LogP contribution < -0.4 is 5.32 Å². The third kappa shape index (κ3) is 5.90. The van der Waals surface area contributed by atoms with Gasteiger partial charge in [0.2, 0.25) is 11.8 Å². The van der Waals surface area contributed by atoms with Crippen LogP contribution in [0.3, 0.4) is 0 Å². The molecule has 0 saturated carbocycles. The van der Waals surface area contributed by atoms with Crippen LogP contribution in [0, 0.1) is 11.6 Å². The summed E-state index contributed by atoms with van der Waals surface area (Å²) < 4.78 is 31.5. The molecule has 0 saturated heterocycles. The van der Waals surface area contributed by atoms with Crippen LogP contribution in [-0.2, 0) is 23.1 Å². The van der Waals surface area contributed by atoms with E-state index >= 15 is 0 Å². The van der Waals surface area contributed by atoms with E-state index < -0.39 is 11.6 Å². The van der Waals surface area contributed by atoms with Gasteiger partial charge in [-0.15, -0.1) is 11.3 Å². The Morgan fingerprint density at radius 1 is 1.24 bits per heavy atom. The first-order valence-electron chi connectivity index (χ1n) is 9.22. The van der Waals surface area contributed by atoms with E-state index in [2.05, 4.69) is 20.4 Å². The van der Waals surface area contributed by atoms with Gasteiger partial charge in [0.05, 0.1) is 0 Å². The highest BCUT2D eigenvalue weighted by Gasteiger charge is 2.20. The molecule has 1 aromatic carbocycles. The van der Waals surface area contributed by atoms with Crippen molar-refractivity contribution < 1.29 is 18.1 Å². The molecule has 0 aliphatic carbocycles. The molecule has 29 heavy (non-hydrogen) atoms. The summed E-state index contributed by atoms with van der Waals surface area (Å²) >= 11 is 1.30. The van der Waals surface area contributed by atoms with Crippen LogP contribution >= 0.6 is 11.3 Å². The van der Waals surface area contributed by atoms with Gasteiger partial charge in [-0.1, -0.05) is 32.0 Å². The van der Waals surface area contributed by atoms with Crippen LogP contribution in [0.15, 0.2) is 28.9 Å². The zero-order chi connectivity index (χ0) is 21.0. The quantitative estimate of drug-likeness (QED) is 0.602. The van der Waals surface area contributed by atoms with Gasteiger partial charge in [-0.2, -0.15) is 4.98 Å². The lowest BCUT2D eigenvalue weighted by Gasteiger charge is -2.10. The molecule has 1 amide bonds. The molecule has 0 atom stereocenters. The topological polar surface area (TPSA) is 80.9 Å². The van der Waals surface area contributed by atoms with E-state index in [-0.39, 0.29) is 11.3 Å². The Labute approximate surface area is 171 Å². The standard InChI is InChI=1S/C20H22F2N4O2S/c1-20(2,3)18-25-17(28-26-18)6-4-5-16(27)24-19-23-11-13(29-19)9-12-7-8-14(21)15(22)10-12/h7-8,10-11H,4-6,9H2,1-3H3,(H,23,24,27). The second-order valence-electron chi connectivity index (χ2n) is 7.72. The minimum atomic E-state index is -0.878. The summed E-state index contributed by atoms with van der Waals surface area (Å²) in [6, 6.07) is 3.79. The fraction of sp³-hybridized carbons (Fsp3) is 0.400. The lowest BCUT2D eigenvalue weighted by molar-refractivity contribution is -0.116. The summed E-state index contributed by atoms with van der Waals surface area (Å²) in [7, 11) is 0. The number of carbonyl (C=O) groups excluding carboxylic acids is 1. The van der Waals surface area contributed by atoms with Gasteiger partial charge < -0.3 is 9.84 Å². The number of rotatable bonds is 7. The highest BCUT2D eigenvalue weighted by atomic mass is 32.1. The number of nitrogens with zero attached hydrogens (tertiary/aromatic N) is 3. The number of thiazole rings is 1. The number of carbonyl (C=O) groups is 1. The van der Waals surface area contributed by atoms with Crippen molar-refractivity contribution in [3.05, 3.63) is 58.2 Å². The molecule has 0 aliphatic rings. The van der Waals surface area contributed by atoms with Gasteiger partial charge >= 0.3 is 0 Å². The smallest absolute Gasteiger partial charge is 0.226 e. The average Bonchev–Trinajstić information content (AvgIpc) is 3.28. The molecule has 9 heteroatoms. The van der Waals surface area contributed by atoms with Gasteiger partial charge in [0, 0.05) is 35.8 Å². The van der Waals surface area contributed by atoms with Crippen LogP contribution in [0.5, 0.6) is 0 Å². The first kappa shape index (κ1) is 21.0. The van der Waals surface area contributed by atoms with Gasteiger partial charge in [-0.3, -0.25) is 4.79 Å². The molecule has 2 aromatic heterocycles. The molecule has 2 heterocycles. The summed E-state index contributed by atoms with van der Waals surface area (Å²) in [5.74, 6) is -0.744. The minimum absolute atomic E-state index is 0.158. The number of hydrogen-bond acceptors (Lipinski definition) is 6. The Bertz CT molecular complexity index is 995. The number of halogens is 2. The number of aromatic nitrogens is 3. The SMILES string of the molecule is CC(C)(C)c1noc(CCCC(=O)Nc2ncc(Cc3ccc(F)c(F)c3)s2)n1. The van der Waals surface area contributed by atoms with Crippen molar-refractivity contribution in [2.24, 2.45) is 0 Å². The third-order valence-corrected chi connectivity index (χ3v) is 5.01. The van der Waals surface area contributed by atoms with Crippen LogP contribution in [0.4, 0.5) is 13.9 Å². The Morgan fingerprint density at radius 2 is 2.03 bits per heavy atom. The molecule has 0 bridgehead atoms. The molecule has 0 radical (unpaired) electrons. The summed E-state index contributed by atoms with van der Waals surface area (Å²) in [4.78, 5) is 21.5. The summed E-state index contributed by atoms with van der Waals surface area (Å²) in [6.45, 7) is 6.01. The van der Waals surface area contributed by atoms with Crippen molar-refractivity contribution in [3.63, 3.8) is 0 Å². The summed E-state index contributed by atoms with van der Waals surface area (Å²) in [5.41, 5.74) is 0.459. The van der Waals surface area contributed by atoms with Crippen LogP contribution in [-0.4, -0.2) is 21.0 Å². The number of benzene rings is 1. The van der Waals surface area contributed by atoms with E-state index in [9.17, 15) is 13.6 Å². The molecule has 0 unspecified atom stereocenters. The number of hydrogen-bond donors (Lipinski definition) is 1. The second kappa shape index (κ2) is 8.77. The van der Waals surface area contributed by atoms with Crippen molar-refractivity contribution >= 4 is 22.4 Å². The van der Waals surface area contributed by atoms with Crippen molar-refractivity contribution in [1.82, 2.24) is 15.1 Å². The molecular formula is C20H22F2N4O2S. The second-order valence-corrected chi connectivity index (χ2v) is 8.84. The fourth-order valence-electron chi connectivity index (χ4n) is 2.54. The van der Waals surface area contributed by atoms with E-state index in [1.807, 2.05) is 20.8 Å². The molecule has 154 valence electrons. The maximum absolute atomic E-state index is 13.3. The van der Waals surface area contributed by atoms with Gasteiger partial charge in [-0.05, 0) is 24.1 Å². The van der Waals surface area contributed by atoms with E-state index in [1.54, 1.807) is 6.20 Å². The molecule has 0 aliphatic heterocycles. The molecule has 0 fully saturated rings. The summed E-state index contributed by atoms with van der Waals surface area (Å²) in [5, 5.41) is 7.19. The van der Waals surface area contributed by atoms with Gasteiger partial charge in [0.1, 0.15) is 0 Å². The number of anilines is 1. The highest BCUT2D eigenvalue weighted by molar-refractivity contribution is 7.15. The molecule has 0 spiro atoms. The first-order valence-corrected chi connectivity index (χ1v) is 10.0. The predicted molar refractivity (Wildman–Crippen MR) is 106 cm³/mol. The Hall–Kier alpha value is -2.68. The zero-order valence-corrected chi connectivity index (χ0v) is 17.3. The van der Waals surface area contributed by atoms with Gasteiger partial charge in [-0.25, -0.2) is 13.8 Å². The van der Waals surface area contributed by atoms with Crippen LogP contribution in [0.2, 0.25) is 0 Å².